The molecule has 106 heavy (non-hydrogen) atoms. The van der Waals surface area contributed by atoms with Gasteiger partial charge >= 0.3 is 39.5 Å². The summed E-state index contributed by atoms with van der Waals surface area (Å²) in [4.78, 5) is 73.2. The molecule has 630 valence electrons. The molecule has 0 saturated carbocycles. The van der Waals surface area contributed by atoms with Crippen LogP contribution in [0.1, 0.15) is 465 Å². The molecule has 0 aromatic heterocycles. The van der Waals surface area contributed by atoms with Gasteiger partial charge in [-0.05, 0) is 37.5 Å². The van der Waals surface area contributed by atoms with Gasteiger partial charge in [-0.3, -0.25) is 37.3 Å². The topological polar surface area (TPSA) is 237 Å². The van der Waals surface area contributed by atoms with Crippen molar-refractivity contribution in [3.63, 3.8) is 0 Å². The van der Waals surface area contributed by atoms with Crippen molar-refractivity contribution in [1.82, 2.24) is 0 Å². The van der Waals surface area contributed by atoms with Crippen molar-refractivity contribution in [1.29, 1.82) is 0 Å². The van der Waals surface area contributed by atoms with Crippen LogP contribution in [0.25, 0.3) is 0 Å². The normalized spacial score (nSPS) is 13.8. The molecule has 0 amide bonds. The molecule has 0 heterocycles. The van der Waals surface area contributed by atoms with Gasteiger partial charge in [-0.1, -0.05) is 414 Å². The van der Waals surface area contributed by atoms with Gasteiger partial charge < -0.3 is 33.8 Å². The summed E-state index contributed by atoms with van der Waals surface area (Å²) in [6.07, 6.45) is 71.0. The van der Waals surface area contributed by atoms with Crippen LogP contribution >= 0.6 is 15.6 Å². The van der Waals surface area contributed by atoms with E-state index in [4.69, 9.17) is 37.0 Å². The lowest BCUT2D eigenvalue weighted by Gasteiger charge is -2.21. The molecule has 2 unspecified atom stereocenters. The quantitative estimate of drug-likeness (QED) is 0.0222. The van der Waals surface area contributed by atoms with Gasteiger partial charge in [0.1, 0.15) is 19.3 Å². The highest BCUT2D eigenvalue weighted by atomic mass is 31.2. The van der Waals surface area contributed by atoms with Crippen LogP contribution < -0.4 is 0 Å². The van der Waals surface area contributed by atoms with Crippen molar-refractivity contribution >= 4 is 39.5 Å². The second-order valence-electron chi connectivity index (χ2n) is 32.2. The number of carbonyl (C=O) groups excluding carboxylic acids is 4. The van der Waals surface area contributed by atoms with Gasteiger partial charge in [-0.15, -0.1) is 0 Å². The van der Waals surface area contributed by atoms with Crippen LogP contribution in [0.4, 0.5) is 0 Å². The Morgan fingerprint density at radius 1 is 0.255 bits per heavy atom. The van der Waals surface area contributed by atoms with Crippen LogP contribution in [0.15, 0.2) is 0 Å². The van der Waals surface area contributed by atoms with E-state index in [1.165, 1.54) is 276 Å². The number of hydrogen-bond acceptors (Lipinski definition) is 15. The number of esters is 4. The monoisotopic (exact) mass is 1550 g/mol. The van der Waals surface area contributed by atoms with Crippen molar-refractivity contribution < 1.29 is 80.2 Å². The Bertz CT molecular complexity index is 2030. The highest BCUT2D eigenvalue weighted by molar-refractivity contribution is 7.47. The molecule has 0 aliphatic rings. The average Bonchev–Trinajstić information content (AvgIpc) is 0.902. The number of ether oxygens (including phenoxy) is 4. The number of rotatable bonds is 86. The zero-order chi connectivity index (χ0) is 77.8. The summed E-state index contributed by atoms with van der Waals surface area (Å²) in [5.41, 5.74) is 0. The fraction of sp³-hybridized carbons (Fsp3) is 0.954. The molecule has 19 heteroatoms. The summed E-state index contributed by atoms with van der Waals surface area (Å²) in [5.74, 6) is -0.612. The third kappa shape index (κ3) is 80.1. The predicted octanol–water partition coefficient (Wildman–Crippen LogP) is 26.6. The SMILES string of the molecule is CCCCCCCCCCCCCCCCCCCCCCCC(=O)O[C@H](COC(=O)CCCCCCCCCCCCCCCCCCCCC)COP(=O)(O)OC[C@@H](O)COP(=O)(O)OC[C@@H](COC(=O)CCCCCCCCCC(C)C)OC(=O)CCCCCCCCCCCCCCCC(C)C. The molecular weight excluding hydrogens is 1380 g/mol. The van der Waals surface area contributed by atoms with Crippen LogP contribution in [0, 0.1) is 11.8 Å². The van der Waals surface area contributed by atoms with Gasteiger partial charge in [0.25, 0.3) is 0 Å². The van der Waals surface area contributed by atoms with Crippen molar-refractivity contribution in [2.75, 3.05) is 39.6 Å². The number of phosphoric ester groups is 2. The van der Waals surface area contributed by atoms with E-state index in [1.54, 1.807) is 0 Å². The van der Waals surface area contributed by atoms with Crippen LogP contribution in [0.3, 0.4) is 0 Å². The van der Waals surface area contributed by atoms with Crippen molar-refractivity contribution in [2.45, 2.75) is 484 Å². The molecule has 0 saturated heterocycles. The minimum absolute atomic E-state index is 0.107. The van der Waals surface area contributed by atoms with Gasteiger partial charge in [-0.25, -0.2) is 9.13 Å². The first kappa shape index (κ1) is 104. The van der Waals surface area contributed by atoms with Crippen molar-refractivity contribution in [3.05, 3.63) is 0 Å². The first-order chi connectivity index (χ1) is 51.4. The fourth-order valence-electron chi connectivity index (χ4n) is 13.6. The lowest BCUT2D eigenvalue weighted by atomic mass is 10.0. The van der Waals surface area contributed by atoms with E-state index in [-0.39, 0.29) is 25.7 Å². The molecule has 17 nitrogen and oxygen atoms in total. The van der Waals surface area contributed by atoms with E-state index in [1.807, 2.05) is 0 Å². The Hall–Kier alpha value is -1.94. The van der Waals surface area contributed by atoms with Crippen LogP contribution in [0.2, 0.25) is 0 Å². The van der Waals surface area contributed by atoms with Crippen LogP contribution in [-0.4, -0.2) is 96.7 Å². The van der Waals surface area contributed by atoms with Gasteiger partial charge in [-0.2, -0.15) is 0 Å². The zero-order valence-electron chi connectivity index (χ0n) is 69.7. The number of hydrogen-bond donors (Lipinski definition) is 3. The standard InChI is InChI=1S/C87H170O17P2/c1-7-9-11-13-15-17-19-21-23-25-27-28-30-32-34-38-42-46-52-59-65-71-86(91)103-82(75-97-84(89)69-63-57-51-45-41-37-33-31-29-26-24-22-20-18-16-14-12-10-8-2)77-101-105(93,94)99-73-81(88)74-100-106(95,96)102-78-83(76-98-85(90)70-64-58-54-48-50-56-62-68-80(5)6)104-87(92)72-66-60-53-47-43-39-35-36-40-44-49-55-61-67-79(3)4/h79-83,88H,7-78H2,1-6H3,(H,93,94)(H,95,96)/t81-,82-,83-/m1/s1. The Balaban J connectivity index is 5.22. The van der Waals surface area contributed by atoms with E-state index in [0.29, 0.717) is 31.6 Å². The van der Waals surface area contributed by atoms with E-state index in [9.17, 15) is 43.2 Å². The maximum absolute atomic E-state index is 13.2. The fourth-order valence-corrected chi connectivity index (χ4v) is 15.2. The third-order valence-electron chi connectivity index (χ3n) is 20.5. The molecule has 0 spiro atoms. The van der Waals surface area contributed by atoms with Crippen molar-refractivity contribution in [3.8, 4) is 0 Å². The Morgan fingerprint density at radius 3 is 0.642 bits per heavy atom. The van der Waals surface area contributed by atoms with Crippen LogP contribution in [0.5, 0.6) is 0 Å². The number of aliphatic hydroxyl groups excluding tert-OH is 1. The number of aliphatic hydroxyl groups is 1. The predicted molar refractivity (Wildman–Crippen MR) is 437 cm³/mol. The minimum Gasteiger partial charge on any atom is -0.462 e. The largest absolute Gasteiger partial charge is 0.472 e. The maximum Gasteiger partial charge on any atom is 0.472 e. The van der Waals surface area contributed by atoms with E-state index in [2.05, 4.69) is 41.5 Å². The van der Waals surface area contributed by atoms with E-state index >= 15 is 0 Å². The number of unbranched alkanes of at least 4 members (excludes halogenated alkanes) is 56. The Labute approximate surface area is 651 Å². The molecule has 0 bridgehead atoms. The molecular formula is C87H170O17P2. The van der Waals surface area contributed by atoms with E-state index < -0.39 is 97.5 Å². The second kappa shape index (κ2) is 78.3. The number of phosphoric acid groups is 2. The summed E-state index contributed by atoms with van der Waals surface area (Å²) in [5, 5.41) is 10.7. The Morgan fingerprint density at radius 2 is 0.434 bits per heavy atom. The lowest BCUT2D eigenvalue weighted by Crippen LogP contribution is -2.30. The van der Waals surface area contributed by atoms with Gasteiger partial charge in [0.2, 0.25) is 0 Å². The summed E-state index contributed by atoms with van der Waals surface area (Å²) < 4.78 is 68.9. The maximum atomic E-state index is 13.2. The summed E-state index contributed by atoms with van der Waals surface area (Å²) in [6, 6.07) is 0. The molecule has 0 aliphatic heterocycles. The molecule has 0 aromatic carbocycles. The highest BCUT2D eigenvalue weighted by Gasteiger charge is 2.30. The van der Waals surface area contributed by atoms with Gasteiger partial charge in [0.05, 0.1) is 26.4 Å². The second-order valence-corrected chi connectivity index (χ2v) is 35.1. The van der Waals surface area contributed by atoms with E-state index in [0.717, 1.165) is 102 Å². The molecule has 0 radical (unpaired) electrons. The molecule has 0 aromatic rings. The summed E-state index contributed by atoms with van der Waals surface area (Å²) in [6.45, 7) is 9.63. The zero-order valence-corrected chi connectivity index (χ0v) is 71.5. The molecule has 5 atom stereocenters. The molecule has 0 aliphatic carbocycles. The Kier molecular flexibility index (Phi) is 76.9. The van der Waals surface area contributed by atoms with Gasteiger partial charge in [0, 0.05) is 25.7 Å². The van der Waals surface area contributed by atoms with Gasteiger partial charge in [0.15, 0.2) is 12.2 Å². The minimum atomic E-state index is -4.97. The first-order valence-electron chi connectivity index (χ1n) is 45.0. The first-order valence-corrected chi connectivity index (χ1v) is 48.0. The highest BCUT2D eigenvalue weighted by Crippen LogP contribution is 2.45. The summed E-state index contributed by atoms with van der Waals surface area (Å²) in [7, 11) is -9.93. The number of carbonyl (C=O) groups is 4. The molecule has 0 fully saturated rings. The molecule has 0 rings (SSSR count). The summed E-state index contributed by atoms with van der Waals surface area (Å²) >= 11 is 0. The lowest BCUT2D eigenvalue weighted by molar-refractivity contribution is -0.161. The molecule has 3 N–H and O–H groups in total. The van der Waals surface area contributed by atoms with Crippen LogP contribution in [-0.2, 0) is 65.4 Å². The smallest absolute Gasteiger partial charge is 0.462 e. The average molecular weight is 1550 g/mol. The van der Waals surface area contributed by atoms with Crippen molar-refractivity contribution in [2.24, 2.45) is 11.8 Å². The third-order valence-corrected chi connectivity index (χ3v) is 22.4.